The van der Waals surface area contributed by atoms with Crippen molar-refractivity contribution in [3.8, 4) is 5.75 Å². The van der Waals surface area contributed by atoms with Crippen molar-refractivity contribution in [3.63, 3.8) is 0 Å². The zero-order valence-electron chi connectivity index (χ0n) is 13.7. The van der Waals surface area contributed by atoms with E-state index in [1.807, 2.05) is 55.5 Å². The summed E-state index contributed by atoms with van der Waals surface area (Å²) >= 11 is 1.49. The Morgan fingerprint density at radius 1 is 1.24 bits per heavy atom. The van der Waals surface area contributed by atoms with Crippen molar-refractivity contribution in [3.05, 3.63) is 59.3 Å². The minimum absolute atomic E-state index is 0.172. The van der Waals surface area contributed by atoms with Crippen LogP contribution >= 0.6 is 11.3 Å². The number of fused-ring (bicyclic) bond motifs is 1. The van der Waals surface area contributed by atoms with Crippen LogP contribution < -0.4 is 9.64 Å². The molecule has 2 N–H and O–H groups in total. The van der Waals surface area contributed by atoms with E-state index in [4.69, 9.17) is 10.1 Å². The Morgan fingerprint density at radius 3 is 2.88 bits per heavy atom. The zero-order chi connectivity index (χ0) is 17.4. The third-order valence-corrected chi connectivity index (χ3v) is 5.11. The summed E-state index contributed by atoms with van der Waals surface area (Å²) in [6.07, 6.45) is 0. The van der Waals surface area contributed by atoms with Crippen LogP contribution in [-0.2, 0) is 0 Å². The predicted octanol–water partition coefficient (Wildman–Crippen LogP) is 4.46. The average molecular weight is 351 g/mol. The number of nitrogens with zero attached hydrogens (tertiary/aromatic N) is 2. The third kappa shape index (κ3) is 2.74. The number of anilines is 1. The summed E-state index contributed by atoms with van der Waals surface area (Å²) in [5, 5.41) is 19.7. The molecular formula is C19H17N3O2S. The molecule has 1 aromatic heterocycles. The van der Waals surface area contributed by atoms with Crippen molar-refractivity contribution >= 4 is 38.6 Å². The van der Waals surface area contributed by atoms with Crippen LogP contribution in [0.15, 0.2) is 54.3 Å². The fraction of sp³-hybridized carbons (Fsp3) is 0.158. The lowest BCUT2D eigenvalue weighted by Gasteiger charge is -2.19. The lowest BCUT2D eigenvalue weighted by Crippen LogP contribution is -2.26. The highest BCUT2D eigenvalue weighted by atomic mass is 32.1. The second-order valence-electron chi connectivity index (χ2n) is 5.67. The number of hydrogen-bond donors (Lipinski definition) is 2. The van der Waals surface area contributed by atoms with Gasteiger partial charge in [0, 0.05) is 11.8 Å². The molecule has 1 aliphatic rings. The summed E-state index contributed by atoms with van der Waals surface area (Å²) in [4.78, 5) is 6.34. The van der Waals surface area contributed by atoms with E-state index in [0.717, 1.165) is 21.7 Å². The smallest absolute Gasteiger partial charge is 0.139 e. The number of benzene rings is 2. The Hall–Kier alpha value is -2.86. The van der Waals surface area contributed by atoms with Crippen molar-refractivity contribution in [2.75, 3.05) is 18.1 Å². The maximum Gasteiger partial charge on any atom is 0.139 e. The van der Waals surface area contributed by atoms with E-state index in [0.29, 0.717) is 17.2 Å². The van der Waals surface area contributed by atoms with Gasteiger partial charge in [-0.2, -0.15) is 0 Å². The first-order chi connectivity index (χ1) is 12.2. The molecule has 0 saturated carbocycles. The van der Waals surface area contributed by atoms with Crippen molar-refractivity contribution in [1.82, 2.24) is 4.98 Å². The van der Waals surface area contributed by atoms with Crippen LogP contribution in [0.1, 0.15) is 11.9 Å². The Morgan fingerprint density at radius 2 is 2.08 bits per heavy atom. The second kappa shape index (κ2) is 6.22. The van der Waals surface area contributed by atoms with Crippen molar-refractivity contribution < 1.29 is 9.84 Å². The van der Waals surface area contributed by atoms with Crippen molar-refractivity contribution in [2.24, 2.45) is 0 Å². The summed E-state index contributed by atoms with van der Waals surface area (Å²) in [6.45, 7) is 2.78. The fourth-order valence-corrected chi connectivity index (χ4v) is 3.95. The van der Waals surface area contributed by atoms with Crippen LogP contribution in [0.25, 0.3) is 15.8 Å². The summed E-state index contributed by atoms with van der Waals surface area (Å²) in [5.41, 5.74) is 2.20. The minimum Gasteiger partial charge on any atom is -0.510 e. The normalized spacial score (nSPS) is 14.6. The highest BCUT2D eigenvalue weighted by molar-refractivity contribution is 7.19. The quantitative estimate of drug-likeness (QED) is 0.728. The van der Waals surface area contributed by atoms with Gasteiger partial charge in [-0.3, -0.25) is 5.41 Å². The summed E-state index contributed by atoms with van der Waals surface area (Å²) < 4.78 is 6.58. The van der Waals surface area contributed by atoms with E-state index >= 15 is 0 Å². The molecule has 2 aromatic carbocycles. The van der Waals surface area contributed by atoms with Crippen LogP contribution in [0.3, 0.4) is 0 Å². The van der Waals surface area contributed by atoms with Crippen LogP contribution in [-0.4, -0.2) is 29.1 Å². The lowest BCUT2D eigenvalue weighted by atomic mass is 10.2. The number of aliphatic hydroxyl groups is 1. The molecule has 5 nitrogen and oxygen atoms in total. The van der Waals surface area contributed by atoms with Gasteiger partial charge in [0.2, 0.25) is 0 Å². The van der Waals surface area contributed by atoms with Crippen molar-refractivity contribution in [1.29, 1.82) is 5.41 Å². The zero-order valence-corrected chi connectivity index (χ0v) is 14.5. The number of nitrogens with one attached hydrogen (secondary N) is 1. The van der Waals surface area contributed by atoms with Crippen LogP contribution in [0.5, 0.6) is 5.75 Å². The van der Waals surface area contributed by atoms with Gasteiger partial charge in [-0.15, -0.1) is 11.3 Å². The Balaban J connectivity index is 1.68. The summed E-state index contributed by atoms with van der Waals surface area (Å²) in [6, 6.07) is 15.4. The van der Waals surface area contributed by atoms with E-state index in [2.05, 4.69) is 4.98 Å². The topological polar surface area (TPSA) is 69.4 Å². The maximum atomic E-state index is 10.5. The first-order valence-corrected chi connectivity index (χ1v) is 8.86. The molecule has 126 valence electrons. The van der Waals surface area contributed by atoms with Crippen LogP contribution in [0.2, 0.25) is 0 Å². The molecule has 25 heavy (non-hydrogen) atoms. The van der Waals surface area contributed by atoms with Gasteiger partial charge in [0.25, 0.3) is 0 Å². The number of amidine groups is 1. The van der Waals surface area contributed by atoms with Crippen LogP contribution in [0.4, 0.5) is 5.69 Å². The Bertz CT molecular complexity index is 960. The first kappa shape index (κ1) is 15.7. The van der Waals surface area contributed by atoms with Gasteiger partial charge < -0.3 is 14.7 Å². The molecule has 4 rings (SSSR count). The molecule has 1 aliphatic heterocycles. The molecular weight excluding hydrogens is 334 g/mol. The monoisotopic (exact) mass is 351 g/mol. The SMILES string of the molecule is CCOc1cccc(N2CC(O)=C(c3nc4ccccc4s3)C2=N)c1. The second-order valence-corrected chi connectivity index (χ2v) is 6.70. The van der Waals surface area contributed by atoms with Gasteiger partial charge in [-0.25, -0.2) is 4.98 Å². The number of rotatable bonds is 4. The van der Waals surface area contributed by atoms with Gasteiger partial charge in [-0.1, -0.05) is 18.2 Å². The highest BCUT2D eigenvalue weighted by Crippen LogP contribution is 2.35. The minimum atomic E-state index is 0.172. The number of ether oxygens (including phenoxy) is 1. The van der Waals surface area contributed by atoms with Crippen molar-refractivity contribution in [2.45, 2.75) is 6.92 Å². The van der Waals surface area contributed by atoms with E-state index in [9.17, 15) is 5.11 Å². The molecule has 2 heterocycles. The third-order valence-electron chi connectivity index (χ3n) is 4.05. The summed E-state index contributed by atoms with van der Waals surface area (Å²) in [5.74, 6) is 1.18. The predicted molar refractivity (Wildman–Crippen MR) is 102 cm³/mol. The molecule has 3 aromatic rings. The molecule has 0 fully saturated rings. The number of thiazole rings is 1. The van der Waals surface area contributed by atoms with Gasteiger partial charge in [0.1, 0.15) is 22.4 Å². The first-order valence-electron chi connectivity index (χ1n) is 8.04. The molecule has 0 spiro atoms. The summed E-state index contributed by atoms with van der Waals surface area (Å²) in [7, 11) is 0. The number of aromatic nitrogens is 1. The van der Waals surface area contributed by atoms with Gasteiger partial charge in [-0.05, 0) is 31.2 Å². The van der Waals surface area contributed by atoms with E-state index in [-0.39, 0.29) is 18.1 Å². The van der Waals surface area contributed by atoms with Crippen LogP contribution in [0, 0.1) is 5.41 Å². The maximum absolute atomic E-state index is 10.5. The molecule has 0 atom stereocenters. The highest BCUT2D eigenvalue weighted by Gasteiger charge is 2.31. The Kier molecular flexibility index (Phi) is 3.89. The molecule has 0 radical (unpaired) electrons. The number of hydrogen-bond acceptors (Lipinski definition) is 5. The Labute approximate surface area is 149 Å². The van der Waals surface area contributed by atoms with E-state index < -0.39 is 0 Å². The van der Waals surface area contributed by atoms with Gasteiger partial charge in [0.15, 0.2) is 0 Å². The molecule has 0 unspecified atom stereocenters. The molecule has 0 bridgehead atoms. The largest absolute Gasteiger partial charge is 0.510 e. The average Bonchev–Trinajstić information content (AvgIpc) is 3.15. The number of para-hydroxylation sites is 1. The van der Waals surface area contributed by atoms with E-state index in [1.165, 1.54) is 11.3 Å². The standard InChI is InChI=1S/C19H17N3O2S/c1-2-24-13-7-5-6-12(10-13)22-11-15(23)17(18(22)20)19-21-14-8-3-4-9-16(14)25-19/h3-10,20,23H,2,11H2,1H3. The molecule has 0 saturated heterocycles. The molecule has 6 heteroatoms. The van der Waals surface area contributed by atoms with Gasteiger partial charge in [0.05, 0.1) is 28.9 Å². The van der Waals surface area contributed by atoms with Gasteiger partial charge >= 0.3 is 0 Å². The molecule has 0 amide bonds. The van der Waals surface area contributed by atoms with E-state index in [1.54, 1.807) is 4.90 Å². The number of aliphatic hydroxyl groups excluding tert-OH is 1. The fourth-order valence-electron chi connectivity index (χ4n) is 2.91. The lowest BCUT2D eigenvalue weighted by molar-refractivity contribution is 0.340. The molecule has 0 aliphatic carbocycles.